The number of hydrogen-bond acceptors (Lipinski definition) is 4. The molecule has 4 nitrogen and oxygen atoms in total. The third kappa shape index (κ3) is 3.44. The molecule has 0 atom stereocenters. The molecule has 0 aliphatic heterocycles. The molecule has 0 amide bonds. The number of hydrogen-bond donors (Lipinski definition) is 1. The number of fused-ring (bicyclic) bond motifs is 1. The van der Waals surface area contributed by atoms with Gasteiger partial charge in [0.1, 0.15) is 11.2 Å². The number of aromatic nitrogens is 3. The Morgan fingerprint density at radius 3 is 2.92 bits per heavy atom. The number of thiophene rings is 1. The zero-order valence-electron chi connectivity index (χ0n) is 14.8. The van der Waals surface area contributed by atoms with Gasteiger partial charge in [0.2, 0.25) is 5.28 Å². The molecule has 26 heavy (non-hydrogen) atoms. The van der Waals surface area contributed by atoms with E-state index in [4.69, 9.17) is 11.6 Å². The molecule has 1 aliphatic rings. The van der Waals surface area contributed by atoms with Gasteiger partial charge >= 0.3 is 0 Å². The molecule has 3 aromatic heterocycles. The molecule has 1 fully saturated rings. The molecule has 0 radical (unpaired) electrons. The summed E-state index contributed by atoms with van der Waals surface area (Å²) in [5, 5.41) is 10.2. The van der Waals surface area contributed by atoms with Crippen molar-refractivity contribution >= 4 is 34.3 Å². The summed E-state index contributed by atoms with van der Waals surface area (Å²) in [6.45, 7) is 2.59. The van der Waals surface area contributed by atoms with Crippen LogP contribution in [0.25, 0.3) is 5.52 Å². The second-order valence-corrected chi connectivity index (χ2v) is 7.99. The first kappa shape index (κ1) is 17.4. The van der Waals surface area contributed by atoms with Gasteiger partial charge in [-0.2, -0.15) is 4.98 Å². The van der Waals surface area contributed by atoms with Gasteiger partial charge < -0.3 is 5.32 Å². The summed E-state index contributed by atoms with van der Waals surface area (Å²) in [5.74, 6) is 7.61. The van der Waals surface area contributed by atoms with E-state index in [1.807, 2.05) is 11.4 Å². The highest BCUT2D eigenvalue weighted by Crippen LogP contribution is 2.36. The summed E-state index contributed by atoms with van der Waals surface area (Å²) in [6, 6.07) is 6.37. The van der Waals surface area contributed by atoms with Crippen LogP contribution in [-0.4, -0.2) is 14.6 Å². The lowest BCUT2D eigenvalue weighted by Crippen LogP contribution is -2.07. The monoisotopic (exact) mass is 384 g/mol. The molecule has 4 rings (SSSR count). The Hall–Kier alpha value is -2.03. The third-order valence-electron chi connectivity index (χ3n) is 4.93. The molecule has 3 aromatic rings. The summed E-state index contributed by atoms with van der Waals surface area (Å²) < 4.78 is 1.87. The molecular weight excluding hydrogens is 364 g/mol. The largest absolute Gasteiger partial charge is 0.363 e. The molecule has 0 bridgehead atoms. The Morgan fingerprint density at radius 2 is 2.19 bits per heavy atom. The van der Waals surface area contributed by atoms with Crippen molar-refractivity contribution in [2.45, 2.75) is 51.5 Å². The zero-order chi connectivity index (χ0) is 17.9. The zero-order valence-corrected chi connectivity index (χ0v) is 16.3. The predicted octanol–water partition coefficient (Wildman–Crippen LogP) is 5.48. The molecule has 1 N–H and O–H groups in total. The molecule has 134 valence electrons. The van der Waals surface area contributed by atoms with Crippen molar-refractivity contribution in [1.29, 1.82) is 0 Å². The van der Waals surface area contributed by atoms with Crippen LogP contribution in [0.2, 0.25) is 5.28 Å². The van der Waals surface area contributed by atoms with Crippen LogP contribution in [-0.2, 0) is 6.54 Å². The number of anilines is 1. The van der Waals surface area contributed by atoms with E-state index in [1.54, 1.807) is 11.3 Å². The van der Waals surface area contributed by atoms with Crippen molar-refractivity contribution in [3.63, 3.8) is 0 Å². The fourth-order valence-electron chi connectivity index (χ4n) is 3.73. The lowest BCUT2D eigenvalue weighted by molar-refractivity contribution is 0.443. The maximum atomic E-state index is 6.22. The molecule has 3 heterocycles. The number of nitrogens with one attached hydrogen (secondary N) is 1. The van der Waals surface area contributed by atoms with Gasteiger partial charge in [0.25, 0.3) is 0 Å². The molecule has 0 unspecified atom stereocenters. The van der Waals surface area contributed by atoms with Crippen LogP contribution in [0.3, 0.4) is 0 Å². The Morgan fingerprint density at radius 1 is 1.35 bits per heavy atom. The molecule has 6 heteroatoms. The van der Waals surface area contributed by atoms with Crippen LogP contribution in [0, 0.1) is 11.8 Å². The maximum Gasteiger partial charge on any atom is 0.243 e. The normalized spacial score (nSPS) is 15.0. The Bertz CT molecular complexity index is 959. The lowest BCUT2D eigenvalue weighted by Gasteiger charge is -2.21. The van der Waals surface area contributed by atoms with E-state index in [-0.39, 0.29) is 5.28 Å². The van der Waals surface area contributed by atoms with Gasteiger partial charge in [0, 0.05) is 4.88 Å². The van der Waals surface area contributed by atoms with E-state index < -0.39 is 0 Å². The highest BCUT2D eigenvalue weighted by Gasteiger charge is 2.23. The lowest BCUT2D eigenvalue weighted by atomic mass is 9.84. The quantitative estimate of drug-likeness (QED) is 0.606. The van der Waals surface area contributed by atoms with E-state index in [1.165, 1.54) is 42.5 Å². The van der Waals surface area contributed by atoms with Gasteiger partial charge in [-0.05, 0) is 66.3 Å². The van der Waals surface area contributed by atoms with E-state index in [2.05, 4.69) is 50.8 Å². The van der Waals surface area contributed by atoms with Crippen molar-refractivity contribution < 1.29 is 0 Å². The Kier molecular flexibility index (Phi) is 5.14. The molecule has 1 saturated carbocycles. The van der Waals surface area contributed by atoms with Gasteiger partial charge in [0.05, 0.1) is 6.54 Å². The van der Waals surface area contributed by atoms with Gasteiger partial charge in [-0.25, -0.2) is 4.52 Å². The van der Waals surface area contributed by atoms with Crippen molar-refractivity contribution in [3.8, 4) is 11.8 Å². The minimum absolute atomic E-state index is 0.233. The fraction of sp³-hybridized carbons (Fsp3) is 0.400. The standard InChI is InChI=1S/C20H21ClN4S/c1-2-7-17-16(14-8-4-3-5-9-14)12-18-19(23-20(21)24-25(17)18)22-13-15-10-6-11-26-15/h6,10-12,14H,3-5,8-9,13H2,1H3,(H,22,23,24). The number of nitrogens with zero attached hydrogens (tertiary/aromatic N) is 3. The number of halogens is 1. The van der Waals surface area contributed by atoms with E-state index in [9.17, 15) is 0 Å². The third-order valence-corrected chi connectivity index (χ3v) is 5.97. The topological polar surface area (TPSA) is 42.2 Å². The molecule has 0 saturated heterocycles. The van der Waals surface area contributed by atoms with Crippen molar-refractivity contribution in [3.05, 3.63) is 45.0 Å². The minimum atomic E-state index is 0.233. The number of rotatable bonds is 4. The van der Waals surface area contributed by atoms with E-state index in [0.29, 0.717) is 5.92 Å². The van der Waals surface area contributed by atoms with E-state index >= 15 is 0 Å². The highest BCUT2D eigenvalue weighted by atomic mass is 35.5. The first-order valence-electron chi connectivity index (χ1n) is 9.04. The summed E-state index contributed by atoms with van der Waals surface area (Å²) >= 11 is 7.95. The molecule has 0 spiro atoms. The highest BCUT2D eigenvalue weighted by molar-refractivity contribution is 7.09. The minimum Gasteiger partial charge on any atom is -0.363 e. The van der Waals surface area contributed by atoms with Crippen LogP contribution >= 0.6 is 22.9 Å². The van der Waals surface area contributed by atoms with Crippen LogP contribution in [0.1, 0.15) is 61.1 Å². The Balaban J connectivity index is 1.78. The fourth-order valence-corrected chi connectivity index (χ4v) is 4.53. The second-order valence-electron chi connectivity index (χ2n) is 6.62. The van der Waals surface area contributed by atoms with Crippen LogP contribution in [0.5, 0.6) is 0 Å². The van der Waals surface area contributed by atoms with Crippen molar-refractivity contribution in [1.82, 2.24) is 14.6 Å². The first-order valence-corrected chi connectivity index (χ1v) is 10.3. The summed E-state index contributed by atoms with van der Waals surface area (Å²) in [4.78, 5) is 5.69. The van der Waals surface area contributed by atoms with E-state index in [0.717, 1.165) is 23.6 Å². The summed E-state index contributed by atoms with van der Waals surface area (Å²) in [5.41, 5.74) is 3.19. The smallest absolute Gasteiger partial charge is 0.243 e. The van der Waals surface area contributed by atoms with Gasteiger partial charge in [0.15, 0.2) is 5.82 Å². The molecule has 0 aromatic carbocycles. The average Bonchev–Trinajstić information content (AvgIpc) is 3.29. The first-order chi connectivity index (χ1) is 12.8. The SMILES string of the molecule is CC#Cc1c(C2CCCCC2)cc2c(NCc3cccs3)nc(Cl)nn12. The maximum absolute atomic E-state index is 6.22. The van der Waals surface area contributed by atoms with Gasteiger partial charge in [-0.3, -0.25) is 0 Å². The van der Waals surface area contributed by atoms with Crippen molar-refractivity contribution in [2.75, 3.05) is 5.32 Å². The summed E-state index contributed by atoms with van der Waals surface area (Å²) in [7, 11) is 0. The van der Waals surface area contributed by atoms with Crippen LogP contribution in [0.4, 0.5) is 5.82 Å². The summed E-state index contributed by atoms with van der Waals surface area (Å²) in [6.07, 6.45) is 6.33. The average molecular weight is 385 g/mol. The Labute approximate surface area is 162 Å². The second kappa shape index (κ2) is 7.69. The predicted molar refractivity (Wildman–Crippen MR) is 108 cm³/mol. The van der Waals surface area contributed by atoms with Gasteiger partial charge in [-0.1, -0.05) is 31.2 Å². The van der Waals surface area contributed by atoms with Gasteiger partial charge in [-0.15, -0.1) is 16.4 Å². The van der Waals surface area contributed by atoms with Crippen molar-refractivity contribution in [2.24, 2.45) is 0 Å². The van der Waals surface area contributed by atoms with Crippen LogP contribution in [0.15, 0.2) is 23.6 Å². The van der Waals surface area contributed by atoms with Crippen LogP contribution < -0.4 is 5.32 Å². The molecular formula is C20H21ClN4S. The molecule has 1 aliphatic carbocycles.